The minimum absolute atomic E-state index is 0.141. The molecule has 2 aromatic rings. The van der Waals surface area contributed by atoms with Crippen molar-refractivity contribution in [3.05, 3.63) is 51.5 Å². The second-order valence-corrected chi connectivity index (χ2v) is 6.86. The normalized spacial score (nSPS) is 16.0. The van der Waals surface area contributed by atoms with Crippen molar-refractivity contribution in [3.8, 4) is 0 Å². The van der Waals surface area contributed by atoms with Gasteiger partial charge in [-0.3, -0.25) is 4.79 Å². The van der Waals surface area contributed by atoms with Gasteiger partial charge in [-0.1, -0.05) is 30.3 Å². The minimum Gasteiger partial charge on any atom is -0.335 e. The predicted molar refractivity (Wildman–Crippen MR) is 89.5 cm³/mol. The lowest BCUT2D eigenvalue weighted by atomic mass is 10.2. The first-order valence-corrected chi connectivity index (χ1v) is 8.43. The summed E-state index contributed by atoms with van der Waals surface area (Å²) in [6.07, 6.45) is 0.794. The van der Waals surface area contributed by atoms with E-state index in [0.29, 0.717) is 0 Å². The fourth-order valence-electron chi connectivity index (χ4n) is 2.65. The Morgan fingerprint density at radius 2 is 1.86 bits per heavy atom. The summed E-state index contributed by atoms with van der Waals surface area (Å²) in [4.78, 5) is 22.3. The van der Waals surface area contributed by atoms with Gasteiger partial charge in [0.1, 0.15) is 4.88 Å². The summed E-state index contributed by atoms with van der Waals surface area (Å²) >= 11 is 1.54. The number of rotatable bonds is 3. The summed E-state index contributed by atoms with van der Waals surface area (Å²) < 4.78 is 0. The second-order valence-electron chi connectivity index (χ2n) is 5.78. The van der Waals surface area contributed by atoms with Crippen molar-refractivity contribution < 1.29 is 4.79 Å². The maximum absolute atomic E-state index is 12.7. The van der Waals surface area contributed by atoms with Gasteiger partial charge in [0.15, 0.2) is 0 Å². The highest BCUT2D eigenvalue weighted by Crippen LogP contribution is 2.23. The summed E-state index contributed by atoms with van der Waals surface area (Å²) in [7, 11) is 2.09. The van der Waals surface area contributed by atoms with Crippen LogP contribution in [0.4, 0.5) is 0 Å². The Kier molecular flexibility index (Phi) is 4.55. The Morgan fingerprint density at radius 1 is 1.18 bits per heavy atom. The Bertz CT molecular complexity index is 645. The van der Waals surface area contributed by atoms with Crippen LogP contribution < -0.4 is 0 Å². The van der Waals surface area contributed by atoms with E-state index in [1.165, 1.54) is 5.56 Å². The topological polar surface area (TPSA) is 36.4 Å². The first kappa shape index (κ1) is 15.2. The highest BCUT2D eigenvalue weighted by atomic mass is 32.1. The molecule has 1 saturated heterocycles. The number of likely N-dealkylation sites (N-methyl/N-ethyl adjacent to an activating group) is 1. The largest absolute Gasteiger partial charge is 0.335 e. The molecule has 1 aliphatic rings. The van der Waals surface area contributed by atoms with E-state index < -0.39 is 0 Å². The molecule has 0 aliphatic carbocycles. The van der Waals surface area contributed by atoms with Crippen molar-refractivity contribution in [2.24, 2.45) is 0 Å². The first-order chi connectivity index (χ1) is 10.6. The molecule has 0 unspecified atom stereocenters. The Labute approximate surface area is 135 Å². The van der Waals surface area contributed by atoms with Gasteiger partial charge < -0.3 is 9.80 Å². The molecule has 5 heteroatoms. The van der Waals surface area contributed by atoms with Crippen LogP contribution in [0, 0.1) is 6.92 Å². The van der Waals surface area contributed by atoms with E-state index in [9.17, 15) is 4.79 Å². The Balaban J connectivity index is 1.73. The zero-order valence-corrected chi connectivity index (χ0v) is 13.9. The van der Waals surface area contributed by atoms with Crippen LogP contribution in [0.15, 0.2) is 30.3 Å². The fourth-order valence-corrected chi connectivity index (χ4v) is 3.72. The number of carbonyl (C=O) groups excluding carboxylic acids is 1. The van der Waals surface area contributed by atoms with Crippen LogP contribution in [0.5, 0.6) is 0 Å². The number of nitrogens with zero attached hydrogens (tertiary/aromatic N) is 3. The van der Waals surface area contributed by atoms with Gasteiger partial charge in [0.2, 0.25) is 0 Å². The quantitative estimate of drug-likeness (QED) is 0.873. The zero-order chi connectivity index (χ0) is 15.5. The molecule has 0 N–H and O–H groups in total. The van der Waals surface area contributed by atoms with Crippen LogP contribution in [-0.4, -0.2) is 53.9 Å². The number of amides is 1. The number of hydrogen-bond donors (Lipinski definition) is 0. The third kappa shape index (κ3) is 3.36. The van der Waals surface area contributed by atoms with Gasteiger partial charge in [-0.05, 0) is 19.5 Å². The van der Waals surface area contributed by atoms with Gasteiger partial charge in [-0.15, -0.1) is 11.3 Å². The number of piperazine rings is 1. The second kappa shape index (κ2) is 6.58. The summed E-state index contributed by atoms with van der Waals surface area (Å²) in [6.45, 7) is 5.44. The average molecular weight is 315 g/mol. The van der Waals surface area contributed by atoms with Crippen LogP contribution in [0.1, 0.15) is 25.9 Å². The number of carbonyl (C=O) groups is 1. The molecule has 0 radical (unpaired) electrons. The van der Waals surface area contributed by atoms with Crippen molar-refractivity contribution in [1.29, 1.82) is 0 Å². The van der Waals surface area contributed by atoms with Crippen LogP contribution >= 0.6 is 11.3 Å². The monoisotopic (exact) mass is 315 g/mol. The molecule has 1 fully saturated rings. The highest BCUT2D eigenvalue weighted by Gasteiger charge is 2.24. The molecular weight excluding hydrogens is 294 g/mol. The SMILES string of the molecule is Cc1nc(Cc2ccccc2)sc1C(=O)N1CCN(C)CC1. The van der Waals surface area contributed by atoms with Gasteiger partial charge in [-0.25, -0.2) is 4.98 Å². The number of aromatic nitrogens is 1. The molecule has 1 aromatic heterocycles. The minimum atomic E-state index is 0.141. The summed E-state index contributed by atoms with van der Waals surface area (Å²) in [6, 6.07) is 10.3. The molecule has 1 aromatic carbocycles. The third-order valence-corrected chi connectivity index (χ3v) is 5.17. The van der Waals surface area contributed by atoms with Crippen LogP contribution in [0.2, 0.25) is 0 Å². The standard InChI is InChI=1S/C17H21N3OS/c1-13-16(17(21)20-10-8-19(2)9-11-20)22-15(18-13)12-14-6-4-3-5-7-14/h3-7H,8-12H2,1-2H3. The molecule has 0 spiro atoms. The van der Waals surface area contributed by atoms with Crippen LogP contribution in [0.3, 0.4) is 0 Å². The zero-order valence-electron chi connectivity index (χ0n) is 13.1. The fraction of sp³-hybridized carbons (Fsp3) is 0.412. The summed E-state index contributed by atoms with van der Waals surface area (Å²) in [5.41, 5.74) is 2.09. The van der Waals surface area contributed by atoms with Crippen LogP contribution in [-0.2, 0) is 6.42 Å². The van der Waals surface area contributed by atoms with Crippen molar-refractivity contribution >= 4 is 17.2 Å². The third-order valence-electron chi connectivity index (χ3n) is 4.02. The molecule has 116 valence electrons. The van der Waals surface area contributed by atoms with Crippen molar-refractivity contribution in [2.45, 2.75) is 13.3 Å². The lowest BCUT2D eigenvalue weighted by Crippen LogP contribution is -2.47. The van der Waals surface area contributed by atoms with Crippen molar-refractivity contribution in [2.75, 3.05) is 33.2 Å². The molecule has 2 heterocycles. The molecule has 22 heavy (non-hydrogen) atoms. The molecule has 1 aliphatic heterocycles. The molecule has 0 atom stereocenters. The number of aryl methyl sites for hydroxylation is 1. The molecule has 3 rings (SSSR count). The molecule has 1 amide bonds. The van der Waals surface area contributed by atoms with Crippen molar-refractivity contribution in [1.82, 2.24) is 14.8 Å². The first-order valence-electron chi connectivity index (χ1n) is 7.61. The lowest BCUT2D eigenvalue weighted by Gasteiger charge is -2.32. The van der Waals surface area contributed by atoms with E-state index in [-0.39, 0.29) is 5.91 Å². The maximum atomic E-state index is 12.7. The predicted octanol–water partition coefficient (Wildman–Crippen LogP) is 2.43. The van der Waals surface area contributed by atoms with E-state index >= 15 is 0 Å². The Morgan fingerprint density at radius 3 is 2.55 bits per heavy atom. The average Bonchev–Trinajstić information content (AvgIpc) is 2.89. The summed E-state index contributed by atoms with van der Waals surface area (Å²) in [5, 5.41) is 1.01. The lowest BCUT2D eigenvalue weighted by molar-refractivity contribution is 0.0668. The van der Waals surface area contributed by atoms with E-state index in [1.54, 1.807) is 11.3 Å². The molecule has 0 saturated carbocycles. The maximum Gasteiger partial charge on any atom is 0.265 e. The van der Waals surface area contributed by atoms with E-state index in [2.05, 4.69) is 29.1 Å². The van der Waals surface area contributed by atoms with Gasteiger partial charge >= 0.3 is 0 Å². The van der Waals surface area contributed by atoms with E-state index in [0.717, 1.165) is 48.2 Å². The van der Waals surface area contributed by atoms with Crippen LogP contribution in [0.25, 0.3) is 0 Å². The Hall–Kier alpha value is -1.72. The summed E-state index contributed by atoms with van der Waals surface area (Å²) in [5.74, 6) is 0.141. The van der Waals surface area contributed by atoms with Gasteiger partial charge in [0.25, 0.3) is 5.91 Å². The van der Waals surface area contributed by atoms with E-state index in [1.807, 2.05) is 30.0 Å². The van der Waals surface area contributed by atoms with Gasteiger partial charge in [0.05, 0.1) is 10.7 Å². The van der Waals surface area contributed by atoms with Crippen molar-refractivity contribution in [3.63, 3.8) is 0 Å². The number of benzene rings is 1. The molecule has 0 bridgehead atoms. The van der Waals surface area contributed by atoms with Gasteiger partial charge in [-0.2, -0.15) is 0 Å². The number of hydrogen-bond acceptors (Lipinski definition) is 4. The smallest absolute Gasteiger partial charge is 0.265 e. The highest BCUT2D eigenvalue weighted by molar-refractivity contribution is 7.13. The van der Waals surface area contributed by atoms with Gasteiger partial charge in [0, 0.05) is 32.6 Å². The van der Waals surface area contributed by atoms with E-state index in [4.69, 9.17) is 0 Å². The number of thiazole rings is 1. The molecule has 4 nitrogen and oxygen atoms in total. The molecular formula is C17H21N3OS.